The van der Waals surface area contributed by atoms with Gasteiger partial charge in [0.25, 0.3) is 0 Å². The van der Waals surface area contributed by atoms with E-state index in [-0.39, 0.29) is 16.2 Å². The highest BCUT2D eigenvalue weighted by atomic mass is 16.5. The molecule has 0 radical (unpaired) electrons. The Balaban J connectivity index is 1.15. The molecule has 9 rings (SSSR count). The average molecular weight is 775 g/mol. The Morgan fingerprint density at radius 1 is 0.458 bits per heavy atom. The molecule has 5 heteroatoms. The summed E-state index contributed by atoms with van der Waals surface area (Å²) in [5.74, 6) is 2.49. The van der Waals surface area contributed by atoms with Crippen LogP contribution in [-0.2, 0) is 16.2 Å². The minimum Gasteiger partial charge on any atom is -0.457 e. The fourth-order valence-corrected chi connectivity index (χ4v) is 8.29. The normalized spacial score (nSPS) is 13.4. The molecule has 0 N–H and O–H groups in total. The maximum absolute atomic E-state index is 6.96. The first kappa shape index (κ1) is 38.2. The summed E-state index contributed by atoms with van der Waals surface area (Å²) in [6.07, 6.45) is 1.93. The number of hydrogen-bond donors (Lipinski definition) is 0. The van der Waals surface area contributed by atoms with Gasteiger partial charge in [-0.25, -0.2) is 4.98 Å². The van der Waals surface area contributed by atoms with Crippen LogP contribution in [0.3, 0.4) is 0 Å². The summed E-state index contributed by atoms with van der Waals surface area (Å²) in [5, 5.41) is 2.36. The van der Waals surface area contributed by atoms with Gasteiger partial charge in [-0.1, -0.05) is 129 Å². The minimum atomic E-state index is -0.117. The van der Waals surface area contributed by atoms with Gasteiger partial charge in [0.05, 0.1) is 22.4 Å². The molecule has 0 atom stereocenters. The van der Waals surface area contributed by atoms with E-state index in [0.29, 0.717) is 6.67 Å². The second-order valence-corrected chi connectivity index (χ2v) is 19.1. The van der Waals surface area contributed by atoms with Crippen LogP contribution in [0, 0.1) is 0 Å². The Bertz CT molecular complexity index is 2850. The van der Waals surface area contributed by atoms with Crippen molar-refractivity contribution in [2.24, 2.45) is 0 Å². The van der Waals surface area contributed by atoms with Crippen molar-refractivity contribution < 1.29 is 4.74 Å². The third-order valence-electron chi connectivity index (χ3n) is 11.8. The fourth-order valence-electron chi connectivity index (χ4n) is 8.29. The Morgan fingerprint density at radius 2 is 1.14 bits per heavy atom. The summed E-state index contributed by atoms with van der Waals surface area (Å²) < 4.78 is 9.23. The number of nitrogens with zero attached hydrogens (tertiary/aromatic N) is 4. The summed E-state index contributed by atoms with van der Waals surface area (Å²) in [7, 11) is 0. The van der Waals surface area contributed by atoms with Crippen LogP contribution in [0.1, 0.15) is 79.0 Å². The zero-order chi connectivity index (χ0) is 41.3. The van der Waals surface area contributed by atoms with E-state index in [1.54, 1.807) is 0 Å². The number of rotatable bonds is 6. The standard InChI is InChI=1S/C54H54N4O/c1-52(2,3)38-22-25-48-50(31-38)57(35-56(48)41-19-15-18-37(28-41)36-16-11-10-12-17-36)42-29-40(54(7,8)9)30-44(33-42)59-43-23-24-46-45-20-13-14-21-47(45)58(49(46)34-43)51-32-39(26-27-55-51)53(4,5)6/h10-34H,35H2,1-9H3. The van der Waals surface area contributed by atoms with Crippen molar-refractivity contribution in [1.82, 2.24) is 9.55 Å². The van der Waals surface area contributed by atoms with Crippen LogP contribution in [0.2, 0.25) is 0 Å². The van der Waals surface area contributed by atoms with E-state index in [2.05, 4.69) is 222 Å². The van der Waals surface area contributed by atoms with E-state index in [9.17, 15) is 0 Å². The molecule has 5 nitrogen and oxygen atoms in total. The molecule has 0 bridgehead atoms. The molecule has 6 aromatic carbocycles. The summed E-state index contributed by atoms with van der Waals surface area (Å²) in [5.41, 5.74) is 12.9. The second-order valence-electron chi connectivity index (χ2n) is 19.1. The van der Waals surface area contributed by atoms with Crippen LogP contribution >= 0.6 is 0 Å². The van der Waals surface area contributed by atoms with Crippen molar-refractivity contribution in [3.63, 3.8) is 0 Å². The molecule has 0 unspecified atom stereocenters. The number of benzene rings is 6. The number of para-hydroxylation sites is 1. The lowest BCUT2D eigenvalue weighted by atomic mass is 9.86. The van der Waals surface area contributed by atoms with Gasteiger partial charge in [0.1, 0.15) is 24.0 Å². The number of hydrogen-bond acceptors (Lipinski definition) is 4. The molecule has 0 aliphatic carbocycles. The van der Waals surface area contributed by atoms with Crippen molar-refractivity contribution in [2.45, 2.75) is 78.6 Å². The van der Waals surface area contributed by atoms with Crippen LogP contribution in [0.5, 0.6) is 11.5 Å². The molecule has 1 aliphatic heterocycles. The molecular weight excluding hydrogens is 721 g/mol. The molecule has 2 aromatic heterocycles. The first-order valence-electron chi connectivity index (χ1n) is 20.8. The third kappa shape index (κ3) is 7.24. The Hall–Kier alpha value is -6.33. The highest BCUT2D eigenvalue weighted by molar-refractivity contribution is 6.09. The molecule has 296 valence electrons. The van der Waals surface area contributed by atoms with Crippen molar-refractivity contribution in [1.29, 1.82) is 0 Å². The number of aromatic nitrogens is 2. The number of pyridine rings is 1. The van der Waals surface area contributed by atoms with Gasteiger partial charge in [-0.2, -0.15) is 0 Å². The van der Waals surface area contributed by atoms with E-state index in [4.69, 9.17) is 9.72 Å². The predicted molar refractivity (Wildman–Crippen MR) is 249 cm³/mol. The van der Waals surface area contributed by atoms with Gasteiger partial charge in [-0.3, -0.25) is 4.57 Å². The lowest BCUT2D eigenvalue weighted by molar-refractivity contribution is 0.479. The molecule has 0 saturated carbocycles. The molecule has 0 amide bonds. The second kappa shape index (κ2) is 14.2. The van der Waals surface area contributed by atoms with Gasteiger partial charge in [-0.15, -0.1) is 0 Å². The first-order chi connectivity index (χ1) is 28.1. The quantitative estimate of drug-likeness (QED) is 0.168. The highest BCUT2D eigenvalue weighted by Crippen LogP contribution is 2.48. The summed E-state index contributed by atoms with van der Waals surface area (Å²) in [4.78, 5) is 9.80. The molecule has 0 spiro atoms. The largest absolute Gasteiger partial charge is 0.457 e. The van der Waals surface area contributed by atoms with E-state index < -0.39 is 0 Å². The Morgan fingerprint density at radius 3 is 1.90 bits per heavy atom. The lowest BCUT2D eigenvalue weighted by Gasteiger charge is -2.27. The molecule has 0 saturated heterocycles. The molecule has 0 fully saturated rings. The fraction of sp³-hybridized carbons (Fsp3) is 0.241. The predicted octanol–water partition coefficient (Wildman–Crippen LogP) is 14.8. The highest BCUT2D eigenvalue weighted by Gasteiger charge is 2.31. The zero-order valence-corrected chi connectivity index (χ0v) is 35.8. The van der Waals surface area contributed by atoms with Gasteiger partial charge in [0.2, 0.25) is 0 Å². The third-order valence-corrected chi connectivity index (χ3v) is 11.8. The number of fused-ring (bicyclic) bond motifs is 4. The monoisotopic (exact) mass is 774 g/mol. The first-order valence-corrected chi connectivity index (χ1v) is 20.8. The SMILES string of the molecule is CC(C)(C)c1cc(Oc2ccc3c4ccccc4n(-c4cc(C(C)(C)C)ccn4)c3c2)cc(N2CN(c3cccc(-c4ccccc4)c3)c3ccc(C(C)(C)C)cc32)c1. The van der Waals surface area contributed by atoms with Gasteiger partial charge in [0.15, 0.2) is 0 Å². The van der Waals surface area contributed by atoms with Gasteiger partial charge >= 0.3 is 0 Å². The van der Waals surface area contributed by atoms with Gasteiger partial charge in [-0.05, 0) is 111 Å². The zero-order valence-electron chi connectivity index (χ0n) is 35.8. The maximum atomic E-state index is 6.96. The molecule has 8 aromatic rings. The summed E-state index contributed by atoms with van der Waals surface area (Å²) >= 11 is 0. The molecule has 1 aliphatic rings. The van der Waals surface area contributed by atoms with Crippen LogP contribution in [0.4, 0.5) is 22.7 Å². The van der Waals surface area contributed by atoms with Crippen molar-refractivity contribution in [3.05, 3.63) is 168 Å². The van der Waals surface area contributed by atoms with Crippen LogP contribution in [0.15, 0.2) is 152 Å². The number of anilines is 4. The number of ether oxygens (including phenoxy) is 1. The maximum Gasteiger partial charge on any atom is 0.137 e. The molecular formula is C54H54N4O. The molecule has 59 heavy (non-hydrogen) atoms. The molecule has 3 heterocycles. The lowest BCUT2D eigenvalue weighted by Crippen LogP contribution is -2.24. The van der Waals surface area contributed by atoms with E-state index in [1.807, 2.05) is 6.20 Å². The van der Waals surface area contributed by atoms with E-state index in [0.717, 1.165) is 39.7 Å². The van der Waals surface area contributed by atoms with Crippen LogP contribution < -0.4 is 14.5 Å². The van der Waals surface area contributed by atoms with E-state index in [1.165, 1.54) is 50.0 Å². The van der Waals surface area contributed by atoms with Crippen molar-refractivity contribution in [3.8, 4) is 28.4 Å². The van der Waals surface area contributed by atoms with Gasteiger partial charge < -0.3 is 14.5 Å². The van der Waals surface area contributed by atoms with Crippen molar-refractivity contribution >= 4 is 44.6 Å². The topological polar surface area (TPSA) is 33.5 Å². The summed E-state index contributed by atoms with van der Waals surface area (Å²) in [6, 6.07) is 52.7. The average Bonchev–Trinajstić information content (AvgIpc) is 3.76. The Kier molecular flexibility index (Phi) is 9.19. The van der Waals surface area contributed by atoms with Gasteiger partial charge in [0, 0.05) is 40.5 Å². The van der Waals surface area contributed by atoms with Crippen molar-refractivity contribution in [2.75, 3.05) is 16.5 Å². The van der Waals surface area contributed by atoms with E-state index >= 15 is 0 Å². The van der Waals surface area contributed by atoms with Crippen LogP contribution in [0.25, 0.3) is 38.8 Å². The smallest absolute Gasteiger partial charge is 0.137 e. The minimum absolute atomic E-state index is 0.00605. The van der Waals surface area contributed by atoms with Crippen LogP contribution in [-0.4, -0.2) is 16.2 Å². The Labute approximate surface area is 349 Å². The summed E-state index contributed by atoms with van der Waals surface area (Å²) in [6.45, 7) is 21.1.